The van der Waals surface area contributed by atoms with Crippen molar-refractivity contribution < 1.29 is 8.42 Å². The van der Waals surface area contributed by atoms with E-state index in [1.54, 1.807) is 0 Å². The Morgan fingerprint density at radius 1 is 1.35 bits per heavy atom. The largest absolute Gasteiger partial charge is 0.357 e. The Morgan fingerprint density at radius 2 is 2.09 bits per heavy atom. The molecule has 1 fully saturated rings. The van der Waals surface area contributed by atoms with E-state index < -0.39 is 10.0 Å². The van der Waals surface area contributed by atoms with Gasteiger partial charge in [0.2, 0.25) is 10.0 Å². The number of nitrogens with one attached hydrogen (secondary N) is 2. The predicted molar refractivity (Wildman–Crippen MR) is 94.2 cm³/mol. The zero-order valence-corrected chi connectivity index (χ0v) is 14.6. The number of hydrogen-bond acceptors (Lipinski definition) is 3. The molecule has 7 heteroatoms. The van der Waals surface area contributed by atoms with E-state index in [0.29, 0.717) is 19.0 Å². The minimum Gasteiger partial charge on any atom is -0.357 e. The van der Waals surface area contributed by atoms with Gasteiger partial charge in [-0.1, -0.05) is 30.3 Å². The molecule has 0 bridgehead atoms. The summed E-state index contributed by atoms with van der Waals surface area (Å²) in [7, 11) is -3.15. The number of nitrogens with zero attached hydrogens (tertiary/aromatic N) is 2. The third-order valence-electron chi connectivity index (χ3n) is 3.83. The van der Waals surface area contributed by atoms with Gasteiger partial charge >= 0.3 is 0 Å². The SMILES string of the molecule is CCNC(=NCCNS(C)(=O)=O)N1CCC(c2ccccc2)C1. The predicted octanol–water partition coefficient (Wildman–Crippen LogP) is 0.991. The maximum absolute atomic E-state index is 11.1. The van der Waals surface area contributed by atoms with Gasteiger partial charge in [-0.3, -0.25) is 4.99 Å². The van der Waals surface area contributed by atoms with E-state index >= 15 is 0 Å². The molecular weight excluding hydrogens is 312 g/mol. The minimum absolute atomic E-state index is 0.323. The Labute approximate surface area is 139 Å². The Kier molecular flexibility index (Phi) is 6.41. The first-order chi connectivity index (χ1) is 11.0. The number of hydrogen-bond donors (Lipinski definition) is 2. The second-order valence-corrected chi connectivity index (χ2v) is 7.58. The molecular formula is C16H26N4O2S. The van der Waals surface area contributed by atoms with Crippen molar-refractivity contribution in [2.75, 3.05) is 39.0 Å². The Bertz CT molecular complexity index is 616. The normalized spacial score (nSPS) is 19.1. The molecule has 2 rings (SSSR count). The third-order valence-corrected chi connectivity index (χ3v) is 4.56. The maximum Gasteiger partial charge on any atom is 0.208 e. The van der Waals surface area contributed by atoms with Crippen LogP contribution in [0.5, 0.6) is 0 Å². The van der Waals surface area contributed by atoms with E-state index in [1.807, 2.05) is 13.0 Å². The number of rotatable bonds is 6. The van der Waals surface area contributed by atoms with Crippen LogP contribution >= 0.6 is 0 Å². The first-order valence-electron chi connectivity index (χ1n) is 8.02. The van der Waals surface area contributed by atoms with Gasteiger partial charge in [0.25, 0.3) is 0 Å². The van der Waals surface area contributed by atoms with Crippen LogP contribution in [0.15, 0.2) is 35.3 Å². The van der Waals surface area contributed by atoms with Crippen molar-refractivity contribution in [1.82, 2.24) is 14.9 Å². The van der Waals surface area contributed by atoms with Crippen LogP contribution in [0.25, 0.3) is 0 Å². The molecule has 1 aromatic carbocycles. The molecule has 0 saturated carbocycles. The number of aliphatic imine (C=N–C) groups is 1. The molecule has 0 aliphatic carbocycles. The van der Waals surface area contributed by atoms with Crippen molar-refractivity contribution >= 4 is 16.0 Å². The van der Waals surface area contributed by atoms with Gasteiger partial charge in [0.05, 0.1) is 12.8 Å². The second kappa shape index (κ2) is 8.31. The molecule has 2 N–H and O–H groups in total. The van der Waals surface area contributed by atoms with Gasteiger partial charge in [-0.25, -0.2) is 13.1 Å². The van der Waals surface area contributed by atoms with Crippen LogP contribution in [-0.2, 0) is 10.0 Å². The Morgan fingerprint density at radius 3 is 2.74 bits per heavy atom. The Balaban J connectivity index is 1.93. The highest BCUT2D eigenvalue weighted by molar-refractivity contribution is 7.88. The second-order valence-electron chi connectivity index (χ2n) is 5.74. The lowest BCUT2D eigenvalue weighted by Crippen LogP contribution is -2.40. The molecule has 23 heavy (non-hydrogen) atoms. The van der Waals surface area contributed by atoms with Gasteiger partial charge in [0, 0.05) is 32.1 Å². The van der Waals surface area contributed by atoms with Gasteiger partial charge in [0.15, 0.2) is 5.96 Å². The fourth-order valence-electron chi connectivity index (χ4n) is 2.77. The summed E-state index contributed by atoms with van der Waals surface area (Å²) in [6.07, 6.45) is 2.27. The molecule has 1 atom stereocenters. The molecule has 1 aliphatic rings. The van der Waals surface area contributed by atoms with Crippen LogP contribution in [0.2, 0.25) is 0 Å². The van der Waals surface area contributed by atoms with Crippen LogP contribution in [0.1, 0.15) is 24.8 Å². The average molecular weight is 338 g/mol. The fraction of sp³-hybridized carbons (Fsp3) is 0.562. The molecule has 1 aliphatic heterocycles. The summed E-state index contributed by atoms with van der Waals surface area (Å²) in [4.78, 5) is 6.78. The molecule has 0 amide bonds. The summed E-state index contributed by atoms with van der Waals surface area (Å²) in [5, 5.41) is 3.29. The first-order valence-corrected chi connectivity index (χ1v) is 9.91. The van der Waals surface area contributed by atoms with Crippen molar-refractivity contribution in [2.24, 2.45) is 4.99 Å². The van der Waals surface area contributed by atoms with Crippen LogP contribution in [-0.4, -0.2) is 58.3 Å². The lowest BCUT2D eigenvalue weighted by atomic mass is 9.99. The highest BCUT2D eigenvalue weighted by Crippen LogP contribution is 2.26. The summed E-state index contributed by atoms with van der Waals surface area (Å²) < 4.78 is 24.6. The zero-order chi connectivity index (χ0) is 16.7. The number of sulfonamides is 1. The van der Waals surface area contributed by atoms with Crippen LogP contribution < -0.4 is 10.0 Å². The molecule has 6 nitrogen and oxygen atoms in total. The first kappa shape index (κ1) is 17.7. The number of likely N-dealkylation sites (tertiary alicyclic amines) is 1. The van der Waals surface area contributed by atoms with Gasteiger partial charge in [-0.2, -0.15) is 0 Å². The number of guanidine groups is 1. The Hall–Kier alpha value is -1.60. The topological polar surface area (TPSA) is 73.8 Å². The minimum atomic E-state index is -3.15. The van der Waals surface area contributed by atoms with E-state index in [1.165, 1.54) is 5.56 Å². The van der Waals surface area contributed by atoms with Crippen molar-refractivity contribution in [3.63, 3.8) is 0 Å². The van der Waals surface area contributed by atoms with Gasteiger partial charge in [-0.05, 0) is 18.9 Å². The number of benzene rings is 1. The summed E-state index contributed by atoms with van der Waals surface area (Å²) in [5.41, 5.74) is 1.37. The monoisotopic (exact) mass is 338 g/mol. The van der Waals surface area contributed by atoms with E-state index in [9.17, 15) is 8.42 Å². The van der Waals surface area contributed by atoms with Gasteiger partial charge < -0.3 is 10.2 Å². The van der Waals surface area contributed by atoms with E-state index in [0.717, 1.165) is 38.3 Å². The summed E-state index contributed by atoms with van der Waals surface area (Å²) >= 11 is 0. The zero-order valence-electron chi connectivity index (χ0n) is 13.8. The summed E-state index contributed by atoms with van der Waals surface area (Å²) in [6, 6.07) is 10.5. The molecule has 128 valence electrons. The highest BCUT2D eigenvalue weighted by Gasteiger charge is 2.25. The molecule has 1 saturated heterocycles. The van der Waals surface area contributed by atoms with E-state index in [4.69, 9.17) is 0 Å². The van der Waals surface area contributed by atoms with Crippen LogP contribution in [0.4, 0.5) is 0 Å². The molecule has 1 unspecified atom stereocenters. The van der Waals surface area contributed by atoms with Gasteiger partial charge in [-0.15, -0.1) is 0 Å². The lowest BCUT2D eigenvalue weighted by molar-refractivity contribution is 0.486. The van der Waals surface area contributed by atoms with Crippen molar-refractivity contribution in [1.29, 1.82) is 0 Å². The van der Waals surface area contributed by atoms with Crippen LogP contribution in [0.3, 0.4) is 0 Å². The summed E-state index contributed by atoms with van der Waals surface area (Å²) in [5.74, 6) is 1.38. The average Bonchev–Trinajstić information content (AvgIpc) is 3.00. The van der Waals surface area contributed by atoms with Crippen molar-refractivity contribution in [3.8, 4) is 0 Å². The quantitative estimate of drug-likeness (QED) is 0.461. The highest BCUT2D eigenvalue weighted by atomic mass is 32.2. The smallest absolute Gasteiger partial charge is 0.208 e. The lowest BCUT2D eigenvalue weighted by Gasteiger charge is -2.21. The molecule has 0 radical (unpaired) electrons. The molecule has 1 heterocycles. The molecule has 0 spiro atoms. The van der Waals surface area contributed by atoms with Crippen LogP contribution in [0, 0.1) is 0 Å². The summed E-state index contributed by atoms with van der Waals surface area (Å²) in [6.45, 7) is 5.49. The third kappa shape index (κ3) is 5.84. The molecule has 0 aromatic heterocycles. The van der Waals surface area contributed by atoms with E-state index in [2.05, 4.69) is 44.2 Å². The standard InChI is InChI=1S/C16H26N4O2S/c1-3-17-16(18-10-11-19-23(2,21)22)20-12-9-15(13-20)14-7-5-4-6-8-14/h4-8,15,19H,3,9-13H2,1-2H3,(H,17,18). The van der Waals surface area contributed by atoms with Gasteiger partial charge in [0.1, 0.15) is 0 Å². The molecule has 1 aromatic rings. The fourth-order valence-corrected chi connectivity index (χ4v) is 3.23. The van der Waals surface area contributed by atoms with E-state index in [-0.39, 0.29) is 0 Å². The van der Waals surface area contributed by atoms with Crippen molar-refractivity contribution in [2.45, 2.75) is 19.3 Å². The van der Waals surface area contributed by atoms with Crippen molar-refractivity contribution in [3.05, 3.63) is 35.9 Å². The maximum atomic E-state index is 11.1.